The van der Waals surface area contributed by atoms with E-state index >= 15 is 4.11 Å². The van der Waals surface area contributed by atoms with Crippen LogP contribution in [0.2, 0.25) is 18.6 Å². The fourth-order valence-electron chi connectivity index (χ4n) is 6.11. The number of carbonyl (C=O) groups is 1. The Bertz CT molecular complexity index is 938. The summed E-state index contributed by atoms with van der Waals surface area (Å²) < 4.78 is 27.6. The van der Waals surface area contributed by atoms with Gasteiger partial charge in [-0.15, -0.1) is 0 Å². The van der Waals surface area contributed by atoms with Crippen molar-refractivity contribution in [1.82, 2.24) is 0 Å². The van der Waals surface area contributed by atoms with Crippen LogP contribution in [-0.4, -0.2) is 44.8 Å². The van der Waals surface area contributed by atoms with Crippen LogP contribution < -0.4 is 9.64 Å². The van der Waals surface area contributed by atoms with E-state index in [1.807, 2.05) is 44.7 Å². The molecule has 0 saturated carbocycles. The zero-order valence-corrected chi connectivity index (χ0v) is 19.9. The summed E-state index contributed by atoms with van der Waals surface area (Å²) in [5, 5.41) is 9.63. The number of benzene rings is 1. The quantitative estimate of drug-likeness (QED) is 0.565. The molecule has 0 aliphatic carbocycles. The maximum Gasteiger partial charge on any atom is 0.265 e. The lowest BCUT2D eigenvalue weighted by Crippen LogP contribution is -2.52. The summed E-state index contributed by atoms with van der Waals surface area (Å²) >= 11 is 0. The minimum atomic E-state index is -3.18. The maximum absolute atomic E-state index is 15.5. The van der Waals surface area contributed by atoms with Gasteiger partial charge in [-0.3, -0.25) is 9.69 Å². The van der Waals surface area contributed by atoms with Crippen molar-refractivity contribution in [2.75, 3.05) is 18.6 Å². The average Bonchev–Trinajstić information content (AvgIpc) is 3.06. The molecule has 1 amide bonds. The summed E-state index contributed by atoms with van der Waals surface area (Å²) in [4.78, 5) is 15.9. The first-order chi connectivity index (χ1) is 13.9. The molecule has 164 valence electrons. The lowest BCUT2D eigenvalue weighted by molar-refractivity contribution is -0.147. The molecule has 7 heteroatoms. The number of methoxy groups -OCH3 is 1. The van der Waals surface area contributed by atoms with Crippen molar-refractivity contribution in [3.8, 4) is 5.75 Å². The highest BCUT2D eigenvalue weighted by atomic mass is 28.4. The van der Waals surface area contributed by atoms with E-state index in [4.69, 9.17) is 9.47 Å². The predicted octanol–water partition coefficient (Wildman–Crippen LogP) is 4.39. The van der Waals surface area contributed by atoms with Crippen molar-refractivity contribution in [3.05, 3.63) is 29.3 Å². The van der Waals surface area contributed by atoms with Gasteiger partial charge in [0.25, 0.3) is 5.91 Å². The SMILES string of the molecule is COc1cc2c3c(c1)[C@]1(O[C@@H](CCO)[C@H]([Si](C)(C)F)[C@H]1C)C(=O)N3C(C)(C)C=C2C. The number of hydrogen-bond acceptors (Lipinski definition) is 4. The molecule has 1 saturated heterocycles. The van der Waals surface area contributed by atoms with E-state index in [0.29, 0.717) is 12.2 Å². The lowest BCUT2D eigenvalue weighted by Gasteiger charge is -2.39. The van der Waals surface area contributed by atoms with Crippen LogP contribution in [0.15, 0.2) is 18.2 Å². The zero-order chi connectivity index (χ0) is 22.2. The Kier molecular flexibility index (Phi) is 4.77. The van der Waals surface area contributed by atoms with Crippen LogP contribution in [0.25, 0.3) is 5.57 Å². The van der Waals surface area contributed by atoms with E-state index in [2.05, 4.69) is 6.08 Å². The number of hydrogen-bond donors (Lipinski definition) is 1. The topological polar surface area (TPSA) is 59.0 Å². The van der Waals surface area contributed by atoms with Crippen LogP contribution >= 0.6 is 0 Å². The van der Waals surface area contributed by atoms with Crippen LogP contribution in [0.5, 0.6) is 5.75 Å². The maximum atomic E-state index is 15.5. The van der Waals surface area contributed by atoms with Crippen molar-refractivity contribution < 1.29 is 23.5 Å². The number of nitrogens with zero attached hydrogens (tertiary/aromatic N) is 1. The van der Waals surface area contributed by atoms with Crippen LogP contribution in [0, 0.1) is 5.92 Å². The lowest BCUT2D eigenvalue weighted by atomic mass is 9.81. The molecule has 4 rings (SSSR count). The van der Waals surface area contributed by atoms with Crippen LogP contribution in [0.1, 0.15) is 45.2 Å². The Hall–Kier alpha value is -1.70. The number of carbonyl (C=O) groups excluding carboxylic acids is 1. The van der Waals surface area contributed by atoms with Gasteiger partial charge >= 0.3 is 0 Å². The van der Waals surface area contributed by atoms with Crippen molar-refractivity contribution in [2.45, 2.75) is 70.0 Å². The summed E-state index contributed by atoms with van der Waals surface area (Å²) in [6.07, 6.45) is 1.91. The van der Waals surface area contributed by atoms with Gasteiger partial charge in [0.15, 0.2) is 5.60 Å². The van der Waals surface area contributed by atoms with E-state index in [-0.39, 0.29) is 18.4 Å². The molecule has 0 radical (unpaired) electrons. The molecule has 30 heavy (non-hydrogen) atoms. The minimum Gasteiger partial charge on any atom is -0.497 e. The van der Waals surface area contributed by atoms with Gasteiger partial charge in [0, 0.05) is 29.2 Å². The first-order valence-electron chi connectivity index (χ1n) is 10.6. The van der Waals surface area contributed by atoms with E-state index < -0.39 is 31.2 Å². The second-order valence-corrected chi connectivity index (χ2v) is 13.8. The normalized spacial score (nSPS) is 31.9. The molecule has 1 N–H and O–H groups in total. The number of anilines is 1. The number of aliphatic hydroxyl groups is 1. The van der Waals surface area contributed by atoms with Gasteiger partial charge in [-0.05, 0) is 58.0 Å². The summed E-state index contributed by atoms with van der Waals surface area (Å²) in [6, 6.07) is 3.84. The van der Waals surface area contributed by atoms with Crippen molar-refractivity contribution in [2.24, 2.45) is 5.92 Å². The highest BCUT2D eigenvalue weighted by molar-refractivity contribution is 6.72. The molecular weight excluding hydrogens is 401 g/mol. The van der Waals surface area contributed by atoms with E-state index in [1.54, 1.807) is 20.2 Å². The molecule has 0 unspecified atom stereocenters. The van der Waals surface area contributed by atoms with E-state index in [0.717, 1.165) is 22.4 Å². The van der Waals surface area contributed by atoms with Crippen molar-refractivity contribution >= 4 is 25.6 Å². The van der Waals surface area contributed by atoms with Crippen LogP contribution in [0.4, 0.5) is 9.80 Å². The Morgan fingerprint density at radius 1 is 1.33 bits per heavy atom. The Labute approximate surface area is 179 Å². The average molecular weight is 434 g/mol. The molecule has 3 aliphatic rings. The molecule has 3 aliphatic heterocycles. The molecule has 1 aromatic rings. The fourth-order valence-corrected chi connectivity index (χ4v) is 8.65. The molecule has 0 aromatic heterocycles. The number of ether oxygens (including phenoxy) is 2. The molecule has 1 aromatic carbocycles. The molecule has 0 bridgehead atoms. The Morgan fingerprint density at radius 3 is 2.57 bits per heavy atom. The van der Waals surface area contributed by atoms with E-state index in [9.17, 15) is 9.90 Å². The van der Waals surface area contributed by atoms with Crippen LogP contribution in [0.3, 0.4) is 0 Å². The number of amides is 1. The van der Waals surface area contributed by atoms with Crippen molar-refractivity contribution in [3.63, 3.8) is 0 Å². The summed E-state index contributed by atoms with van der Waals surface area (Å²) in [7, 11) is -1.58. The Morgan fingerprint density at radius 2 is 2.00 bits per heavy atom. The summed E-state index contributed by atoms with van der Waals surface area (Å²) in [5.41, 5.74) is 1.44. The van der Waals surface area contributed by atoms with E-state index in [1.165, 1.54) is 0 Å². The zero-order valence-electron chi connectivity index (χ0n) is 18.9. The fraction of sp³-hybridized carbons (Fsp3) is 0.609. The number of halogens is 1. The third-order valence-electron chi connectivity index (χ3n) is 7.16. The Balaban J connectivity index is 2.00. The third kappa shape index (κ3) is 2.68. The highest BCUT2D eigenvalue weighted by Gasteiger charge is 2.68. The summed E-state index contributed by atoms with van der Waals surface area (Å²) in [5.74, 6) is 0.156. The van der Waals surface area contributed by atoms with Gasteiger partial charge in [0.05, 0.1) is 24.4 Å². The van der Waals surface area contributed by atoms with Gasteiger partial charge in [0.1, 0.15) is 5.75 Å². The number of fused-ring (bicyclic) bond motifs is 1. The molecule has 5 nitrogen and oxygen atoms in total. The van der Waals surface area contributed by atoms with Gasteiger partial charge < -0.3 is 18.7 Å². The first kappa shape index (κ1) is 21.5. The number of aliphatic hydroxyl groups excluding tert-OH is 1. The molecule has 3 heterocycles. The van der Waals surface area contributed by atoms with Crippen LogP contribution in [-0.2, 0) is 15.1 Å². The molecule has 1 fully saturated rings. The largest absolute Gasteiger partial charge is 0.497 e. The van der Waals surface area contributed by atoms with Gasteiger partial charge in [-0.2, -0.15) is 0 Å². The summed E-state index contributed by atoms with van der Waals surface area (Å²) in [6.45, 7) is 11.2. The number of rotatable bonds is 4. The molecular formula is C23H32FNO4Si. The molecule has 4 atom stereocenters. The first-order valence-corrected chi connectivity index (χ1v) is 13.6. The highest BCUT2D eigenvalue weighted by Crippen LogP contribution is 2.63. The predicted molar refractivity (Wildman–Crippen MR) is 118 cm³/mol. The number of allylic oxidation sites excluding steroid dienone is 1. The monoisotopic (exact) mass is 433 g/mol. The van der Waals surface area contributed by atoms with Crippen molar-refractivity contribution in [1.29, 1.82) is 0 Å². The van der Waals surface area contributed by atoms with Gasteiger partial charge in [-0.25, -0.2) is 0 Å². The minimum absolute atomic E-state index is 0.102. The third-order valence-corrected chi connectivity index (χ3v) is 9.62. The standard InChI is InChI=1S/C23H32FNO4Si/c1-13-12-22(3,4)25-19-16(13)10-15(28-5)11-17(19)23(21(25)27)14(2)20(30(6,7)24)18(29-23)8-9-26/h10-12,14,18,20,26H,8-9H2,1-7H3/t14-,18+,20-,23+/m1/s1. The van der Waals surface area contributed by atoms with Gasteiger partial charge in [-0.1, -0.05) is 13.0 Å². The van der Waals surface area contributed by atoms with Gasteiger partial charge in [0.2, 0.25) is 8.41 Å². The second kappa shape index (κ2) is 6.65. The molecule has 1 spiro atoms. The smallest absolute Gasteiger partial charge is 0.265 e. The second-order valence-electron chi connectivity index (χ2n) is 9.98.